The quantitative estimate of drug-likeness (QED) is 0.116. The third-order valence-corrected chi connectivity index (χ3v) is 8.03. The van der Waals surface area contributed by atoms with E-state index in [1.54, 1.807) is 0 Å². The smallest absolute Gasteiger partial charge is 0.0690 e. The largest absolute Gasteiger partial charge is 0.394 e. The molecule has 0 aromatic heterocycles. The van der Waals surface area contributed by atoms with Crippen LogP contribution < -0.4 is 0 Å². The number of aliphatic hydroxyl groups excluding tert-OH is 2. The van der Waals surface area contributed by atoms with Crippen LogP contribution >= 0.6 is 0 Å². The maximum atomic E-state index is 7.62. The average molecular weight is 721 g/mol. The maximum Gasteiger partial charge on any atom is 0.0690 e. The molecule has 2 fully saturated rings. The van der Waals surface area contributed by atoms with Crippen molar-refractivity contribution in [3.8, 4) is 0 Å². The molecule has 2 aliphatic carbocycles. The lowest BCUT2D eigenvalue weighted by molar-refractivity contribution is -0.192. The van der Waals surface area contributed by atoms with E-state index < -0.39 is 0 Å². The van der Waals surface area contributed by atoms with Crippen LogP contribution in [0.25, 0.3) is 0 Å². The first-order valence-electron chi connectivity index (χ1n) is 19.6. The first kappa shape index (κ1) is 70.2. The zero-order valence-electron chi connectivity index (χ0n) is 35.4. The van der Waals surface area contributed by atoms with E-state index in [0.29, 0.717) is 0 Å². The van der Waals surface area contributed by atoms with Crippen LogP contribution in [0.15, 0.2) is 118 Å². The molecule has 3 heteroatoms. The summed E-state index contributed by atoms with van der Waals surface area (Å²) in [7, 11) is 0. The molecule has 0 amide bonds. The van der Waals surface area contributed by atoms with Gasteiger partial charge in [-0.2, -0.15) is 0 Å². The second kappa shape index (κ2) is 77.1. The number of rotatable bonds is 17. The first-order chi connectivity index (χ1) is 25.2. The molecular weight excluding hydrogens is 625 g/mol. The second-order valence-corrected chi connectivity index (χ2v) is 11.1. The van der Waals surface area contributed by atoms with Gasteiger partial charge in [-0.1, -0.05) is 129 Å². The lowest BCUT2D eigenvalue weighted by Gasteiger charge is -2.48. The molecule has 306 valence electrons. The van der Waals surface area contributed by atoms with Crippen LogP contribution in [0.4, 0.5) is 0 Å². The van der Waals surface area contributed by atoms with Crippen molar-refractivity contribution in [1.82, 2.24) is 0 Å². The summed E-state index contributed by atoms with van der Waals surface area (Å²) in [5.74, 6) is 0. The summed E-state index contributed by atoms with van der Waals surface area (Å²) in [6.45, 7) is 58.4. The molecule has 51 heavy (non-hydrogen) atoms. The van der Waals surface area contributed by atoms with E-state index in [4.69, 9.17) is 14.9 Å². The molecule has 0 spiro atoms. The summed E-state index contributed by atoms with van der Waals surface area (Å²) < 4.78 is 7.36. The van der Waals surface area contributed by atoms with Crippen molar-refractivity contribution in [2.24, 2.45) is 0 Å². The normalized spacial score (nSPS) is 13.4. The Kier molecular flexibility index (Phi) is 106. The van der Waals surface area contributed by atoms with E-state index in [2.05, 4.69) is 132 Å². The van der Waals surface area contributed by atoms with Gasteiger partial charge in [-0.25, -0.2) is 0 Å². The highest BCUT2D eigenvalue weighted by molar-refractivity contribution is 4.93. The number of hydrogen-bond acceptors (Lipinski definition) is 3. The lowest BCUT2D eigenvalue weighted by atomic mass is 9.76. The Labute approximate surface area is 324 Å². The highest BCUT2D eigenvalue weighted by atomic mass is 16.5. The SMILES string of the molecule is C=C.C=C.C=C.C=C.C=C.C=C.C=C.C=C.C=C.CCCCCCCCC1(OC2(CCCCCCCC)CCCCC2)CCCCC1.OCCO. The van der Waals surface area contributed by atoms with Gasteiger partial charge in [-0.15, -0.1) is 118 Å². The number of ether oxygens (including phenoxy) is 1. The molecule has 2 aliphatic rings. The van der Waals surface area contributed by atoms with Crippen molar-refractivity contribution in [2.45, 2.75) is 179 Å². The minimum atomic E-state index is -0.125. The molecule has 2 rings (SSSR count). The van der Waals surface area contributed by atoms with E-state index in [1.165, 1.54) is 154 Å². The predicted molar refractivity (Wildman–Crippen MR) is 244 cm³/mol. The summed E-state index contributed by atoms with van der Waals surface area (Å²) in [6.07, 6.45) is 33.5. The molecule has 0 atom stereocenters. The van der Waals surface area contributed by atoms with Gasteiger partial charge in [0.15, 0.2) is 0 Å². The van der Waals surface area contributed by atoms with Gasteiger partial charge < -0.3 is 14.9 Å². The molecule has 2 saturated carbocycles. The number of aliphatic hydroxyl groups is 2. The molecule has 0 radical (unpaired) electrons. The Morgan fingerprint density at radius 3 is 0.784 bits per heavy atom. The van der Waals surface area contributed by atoms with Crippen LogP contribution in [0, 0.1) is 0 Å². The molecule has 0 aromatic rings. The van der Waals surface area contributed by atoms with Crippen molar-refractivity contribution in [1.29, 1.82) is 0 Å². The Morgan fingerprint density at radius 1 is 0.353 bits per heavy atom. The van der Waals surface area contributed by atoms with Gasteiger partial charge in [-0.05, 0) is 38.5 Å². The van der Waals surface area contributed by atoms with Gasteiger partial charge in [0.05, 0.1) is 24.4 Å². The minimum absolute atomic E-state index is 0.125. The lowest BCUT2D eigenvalue weighted by Crippen LogP contribution is -2.47. The maximum absolute atomic E-state index is 7.62. The summed E-state index contributed by atoms with van der Waals surface area (Å²) in [5.41, 5.74) is 0.477. The molecule has 0 aromatic carbocycles. The monoisotopic (exact) mass is 721 g/mol. The summed E-state index contributed by atoms with van der Waals surface area (Å²) in [6, 6.07) is 0. The fourth-order valence-electron chi connectivity index (χ4n) is 6.11. The fraction of sp³-hybridized carbons (Fsp3) is 0.625. The van der Waals surface area contributed by atoms with Crippen LogP contribution in [-0.4, -0.2) is 34.6 Å². The number of hydrogen-bond donors (Lipinski definition) is 2. The molecule has 0 heterocycles. The molecule has 3 nitrogen and oxygen atoms in total. The van der Waals surface area contributed by atoms with Gasteiger partial charge in [0.2, 0.25) is 0 Å². The van der Waals surface area contributed by atoms with E-state index in [0.717, 1.165) is 0 Å². The topological polar surface area (TPSA) is 49.7 Å². The Bertz CT molecular complexity index is 470. The first-order valence-corrected chi connectivity index (χ1v) is 19.6. The summed E-state index contributed by atoms with van der Waals surface area (Å²) >= 11 is 0. The zero-order valence-corrected chi connectivity index (χ0v) is 35.4. The number of unbranched alkanes of at least 4 members (excludes halogenated alkanes) is 10. The molecule has 0 unspecified atom stereocenters. The third-order valence-electron chi connectivity index (χ3n) is 8.03. The van der Waals surface area contributed by atoms with Gasteiger partial charge in [0.25, 0.3) is 0 Å². The Morgan fingerprint density at radius 2 is 0.569 bits per heavy atom. The highest BCUT2D eigenvalue weighted by Crippen LogP contribution is 2.45. The van der Waals surface area contributed by atoms with Crippen molar-refractivity contribution in [2.75, 3.05) is 13.2 Å². The standard InChI is InChI=1S/C28H54O.C2H6O2.9C2H4/c1-3-5-7-9-11-15-21-27(23-17-13-18-24-27)29-28(25-19-14-20-26-28)22-16-12-10-8-6-4-2;3-1-2-4;9*1-2/h3-26H2,1-2H3;3-4H,1-2H2;9*1-2H2. The van der Waals surface area contributed by atoms with E-state index in [1.807, 2.05) is 0 Å². The average Bonchev–Trinajstić information content (AvgIpc) is 3.25. The fourth-order valence-corrected chi connectivity index (χ4v) is 6.11. The van der Waals surface area contributed by atoms with Crippen molar-refractivity contribution in [3.63, 3.8) is 0 Å². The van der Waals surface area contributed by atoms with Crippen LogP contribution in [0.1, 0.15) is 168 Å². The van der Waals surface area contributed by atoms with Crippen LogP contribution in [0.3, 0.4) is 0 Å². The van der Waals surface area contributed by atoms with Crippen LogP contribution in [0.5, 0.6) is 0 Å². The van der Waals surface area contributed by atoms with Gasteiger partial charge in [-0.3, -0.25) is 0 Å². The van der Waals surface area contributed by atoms with E-state index in [-0.39, 0.29) is 24.4 Å². The van der Waals surface area contributed by atoms with Gasteiger partial charge in [0.1, 0.15) is 0 Å². The van der Waals surface area contributed by atoms with Crippen molar-refractivity contribution >= 4 is 0 Å². The third kappa shape index (κ3) is 54.5. The van der Waals surface area contributed by atoms with Crippen molar-refractivity contribution in [3.05, 3.63) is 118 Å². The van der Waals surface area contributed by atoms with Crippen molar-refractivity contribution < 1.29 is 14.9 Å². The molecule has 0 saturated heterocycles. The molecule has 0 aliphatic heterocycles. The van der Waals surface area contributed by atoms with E-state index in [9.17, 15) is 0 Å². The zero-order chi connectivity index (χ0) is 42.1. The second-order valence-electron chi connectivity index (χ2n) is 11.1. The Balaban J connectivity index is -0.0000000967. The minimum Gasteiger partial charge on any atom is -0.394 e. The summed E-state index contributed by atoms with van der Waals surface area (Å²) in [4.78, 5) is 0. The summed E-state index contributed by atoms with van der Waals surface area (Å²) in [5, 5.41) is 15.2. The van der Waals surface area contributed by atoms with Gasteiger partial charge >= 0.3 is 0 Å². The van der Waals surface area contributed by atoms with E-state index >= 15 is 0 Å². The molecule has 2 N–H and O–H groups in total. The molecular formula is C48H96O3. The molecule has 0 bridgehead atoms. The highest BCUT2D eigenvalue weighted by Gasteiger charge is 2.42. The van der Waals surface area contributed by atoms with Crippen LogP contribution in [-0.2, 0) is 4.74 Å². The van der Waals surface area contributed by atoms with Gasteiger partial charge in [0, 0.05) is 0 Å². The van der Waals surface area contributed by atoms with Crippen LogP contribution in [0.2, 0.25) is 0 Å². The predicted octanol–water partition coefficient (Wildman–Crippen LogP) is 16.1. The Hall–Kier alpha value is -2.46.